The van der Waals surface area contributed by atoms with Crippen LogP contribution >= 0.6 is 0 Å². The molecule has 1 amide bonds. The molecule has 0 fully saturated rings. The highest BCUT2D eigenvalue weighted by Gasteiger charge is 2.18. The summed E-state index contributed by atoms with van der Waals surface area (Å²) in [4.78, 5) is 21.4. The van der Waals surface area contributed by atoms with Crippen molar-refractivity contribution in [2.45, 2.75) is 0 Å². The van der Waals surface area contributed by atoms with Crippen molar-refractivity contribution < 1.29 is 14.8 Å². The monoisotopic (exact) mass is 210 g/mol. The minimum absolute atomic E-state index is 0.00375. The number of hydrogen-bond acceptors (Lipinski definition) is 4. The van der Waals surface area contributed by atoms with Crippen LogP contribution in [0.4, 0.5) is 5.69 Å². The summed E-state index contributed by atoms with van der Waals surface area (Å²) in [6.07, 6.45) is 0. The predicted molar refractivity (Wildman–Crippen MR) is 52.5 cm³/mol. The van der Waals surface area contributed by atoms with Crippen molar-refractivity contribution in [3.63, 3.8) is 0 Å². The van der Waals surface area contributed by atoms with Gasteiger partial charge in [-0.25, -0.2) is 0 Å². The number of nitro benzene ring substituents is 1. The summed E-state index contributed by atoms with van der Waals surface area (Å²) in [6, 6.07) is 5.65. The normalized spacial score (nSPS) is 9.67. The molecule has 1 aromatic carbocycles. The molecule has 6 heteroatoms. The maximum atomic E-state index is 11.4. The number of hydrogen-bond donors (Lipinski definition) is 2. The number of rotatable bonds is 4. The number of benzene rings is 1. The first-order valence-corrected chi connectivity index (χ1v) is 4.29. The molecule has 15 heavy (non-hydrogen) atoms. The van der Waals surface area contributed by atoms with E-state index in [1.54, 1.807) is 6.07 Å². The van der Waals surface area contributed by atoms with Crippen molar-refractivity contribution in [1.82, 2.24) is 5.32 Å². The quantitative estimate of drug-likeness (QED) is 0.552. The summed E-state index contributed by atoms with van der Waals surface area (Å²) in [7, 11) is 0. The molecule has 0 atom stereocenters. The lowest BCUT2D eigenvalue weighted by atomic mass is 10.1. The van der Waals surface area contributed by atoms with Gasteiger partial charge in [0.2, 0.25) is 0 Å². The predicted octanol–water partition coefficient (Wildman–Crippen LogP) is 0.317. The van der Waals surface area contributed by atoms with E-state index in [1.165, 1.54) is 18.2 Å². The molecule has 0 aliphatic heterocycles. The van der Waals surface area contributed by atoms with E-state index in [2.05, 4.69) is 5.32 Å². The SMILES string of the molecule is O=C(NCCO)c1ccccc1[N+](=O)[O-]. The highest BCUT2D eigenvalue weighted by Crippen LogP contribution is 2.16. The lowest BCUT2D eigenvalue weighted by molar-refractivity contribution is -0.385. The summed E-state index contributed by atoms with van der Waals surface area (Å²) >= 11 is 0. The number of para-hydroxylation sites is 1. The van der Waals surface area contributed by atoms with Crippen LogP contribution in [0.2, 0.25) is 0 Å². The smallest absolute Gasteiger partial charge is 0.282 e. The van der Waals surface area contributed by atoms with E-state index in [4.69, 9.17) is 5.11 Å². The van der Waals surface area contributed by atoms with E-state index >= 15 is 0 Å². The second-order valence-electron chi connectivity index (χ2n) is 2.75. The molecule has 0 heterocycles. The molecule has 0 aromatic heterocycles. The zero-order valence-corrected chi connectivity index (χ0v) is 7.84. The second kappa shape index (κ2) is 5.06. The summed E-state index contributed by atoms with van der Waals surface area (Å²) in [5.41, 5.74) is -0.246. The van der Waals surface area contributed by atoms with Crippen LogP contribution in [0.1, 0.15) is 10.4 Å². The fraction of sp³-hybridized carbons (Fsp3) is 0.222. The Balaban J connectivity index is 2.92. The third kappa shape index (κ3) is 2.75. The second-order valence-corrected chi connectivity index (χ2v) is 2.75. The van der Waals surface area contributed by atoms with Gasteiger partial charge in [0, 0.05) is 12.6 Å². The number of amides is 1. The number of nitro groups is 1. The van der Waals surface area contributed by atoms with Crippen LogP contribution in [-0.2, 0) is 0 Å². The minimum atomic E-state index is -0.617. The van der Waals surface area contributed by atoms with Crippen molar-refractivity contribution in [3.05, 3.63) is 39.9 Å². The molecular weight excluding hydrogens is 200 g/mol. The molecular formula is C9H10N2O4. The molecule has 0 bridgehead atoms. The van der Waals surface area contributed by atoms with Crippen LogP contribution < -0.4 is 5.32 Å². The number of nitrogens with one attached hydrogen (secondary N) is 1. The van der Waals surface area contributed by atoms with E-state index in [-0.39, 0.29) is 24.4 Å². The van der Waals surface area contributed by atoms with Gasteiger partial charge in [-0.05, 0) is 6.07 Å². The average Bonchev–Trinajstić information content (AvgIpc) is 2.25. The molecule has 0 unspecified atom stereocenters. The Morgan fingerprint density at radius 1 is 1.47 bits per heavy atom. The highest BCUT2D eigenvalue weighted by molar-refractivity contribution is 5.98. The number of carbonyl (C=O) groups is 1. The van der Waals surface area contributed by atoms with Gasteiger partial charge in [0.1, 0.15) is 5.56 Å². The fourth-order valence-corrected chi connectivity index (χ4v) is 1.09. The molecule has 2 N–H and O–H groups in total. The summed E-state index contributed by atoms with van der Waals surface area (Å²) in [5.74, 6) is -0.559. The molecule has 0 radical (unpaired) electrons. The standard InChI is InChI=1S/C9H10N2O4/c12-6-5-10-9(13)7-3-1-2-4-8(7)11(14)15/h1-4,12H,5-6H2,(H,10,13). The van der Waals surface area contributed by atoms with Crippen molar-refractivity contribution in [1.29, 1.82) is 0 Å². The highest BCUT2D eigenvalue weighted by atomic mass is 16.6. The molecule has 0 aliphatic carbocycles. The van der Waals surface area contributed by atoms with Crippen LogP contribution in [0.15, 0.2) is 24.3 Å². The fourth-order valence-electron chi connectivity index (χ4n) is 1.09. The van der Waals surface area contributed by atoms with Crippen LogP contribution in [0.3, 0.4) is 0 Å². The van der Waals surface area contributed by atoms with Gasteiger partial charge in [-0.2, -0.15) is 0 Å². The number of carbonyl (C=O) groups excluding carboxylic acids is 1. The Kier molecular flexibility index (Phi) is 3.75. The van der Waals surface area contributed by atoms with Crippen molar-refractivity contribution in [3.8, 4) is 0 Å². The van der Waals surface area contributed by atoms with E-state index in [9.17, 15) is 14.9 Å². The van der Waals surface area contributed by atoms with E-state index < -0.39 is 10.8 Å². The van der Waals surface area contributed by atoms with Gasteiger partial charge in [0.05, 0.1) is 11.5 Å². The molecule has 80 valence electrons. The zero-order valence-electron chi connectivity index (χ0n) is 7.84. The van der Waals surface area contributed by atoms with E-state index in [0.29, 0.717) is 0 Å². The molecule has 0 saturated carbocycles. The van der Waals surface area contributed by atoms with Crippen LogP contribution in [-0.4, -0.2) is 29.1 Å². The Morgan fingerprint density at radius 3 is 2.73 bits per heavy atom. The van der Waals surface area contributed by atoms with Gasteiger partial charge in [0.25, 0.3) is 11.6 Å². The lowest BCUT2D eigenvalue weighted by Gasteiger charge is -2.03. The first-order chi connectivity index (χ1) is 7.16. The zero-order chi connectivity index (χ0) is 11.3. The van der Waals surface area contributed by atoms with Gasteiger partial charge in [-0.1, -0.05) is 12.1 Å². The number of aliphatic hydroxyl groups excluding tert-OH is 1. The first kappa shape index (κ1) is 11.1. The molecule has 0 spiro atoms. The number of aliphatic hydroxyl groups is 1. The third-order valence-corrected chi connectivity index (χ3v) is 1.74. The lowest BCUT2D eigenvalue weighted by Crippen LogP contribution is -2.26. The molecule has 1 rings (SSSR count). The first-order valence-electron chi connectivity index (χ1n) is 4.29. The van der Waals surface area contributed by atoms with Gasteiger partial charge in [-0.3, -0.25) is 14.9 Å². The van der Waals surface area contributed by atoms with Gasteiger partial charge in [0.15, 0.2) is 0 Å². The van der Waals surface area contributed by atoms with Gasteiger partial charge >= 0.3 is 0 Å². The summed E-state index contributed by atoms with van der Waals surface area (Å²) < 4.78 is 0. The average molecular weight is 210 g/mol. The Labute approximate surface area is 85.7 Å². The van der Waals surface area contributed by atoms with Crippen LogP contribution in [0, 0.1) is 10.1 Å². The van der Waals surface area contributed by atoms with Crippen molar-refractivity contribution in [2.75, 3.05) is 13.2 Å². The van der Waals surface area contributed by atoms with Gasteiger partial charge in [-0.15, -0.1) is 0 Å². The molecule has 0 aliphatic rings. The Morgan fingerprint density at radius 2 is 2.13 bits per heavy atom. The minimum Gasteiger partial charge on any atom is -0.395 e. The topological polar surface area (TPSA) is 92.5 Å². The molecule has 1 aromatic rings. The Bertz CT molecular complexity index is 378. The summed E-state index contributed by atoms with van der Waals surface area (Å²) in [5, 5.41) is 21.4. The Hall–Kier alpha value is -1.95. The maximum Gasteiger partial charge on any atom is 0.282 e. The van der Waals surface area contributed by atoms with E-state index in [0.717, 1.165) is 0 Å². The van der Waals surface area contributed by atoms with Crippen molar-refractivity contribution in [2.24, 2.45) is 0 Å². The van der Waals surface area contributed by atoms with E-state index in [1.807, 2.05) is 0 Å². The third-order valence-electron chi connectivity index (χ3n) is 1.74. The van der Waals surface area contributed by atoms with Crippen LogP contribution in [0.5, 0.6) is 0 Å². The largest absolute Gasteiger partial charge is 0.395 e. The van der Waals surface area contributed by atoms with Crippen molar-refractivity contribution >= 4 is 11.6 Å². The summed E-state index contributed by atoms with van der Waals surface area (Å²) in [6.45, 7) is -0.128. The number of nitrogens with zero attached hydrogens (tertiary/aromatic N) is 1. The maximum absolute atomic E-state index is 11.4. The molecule has 6 nitrogen and oxygen atoms in total. The van der Waals surface area contributed by atoms with Crippen LogP contribution in [0.25, 0.3) is 0 Å². The molecule has 0 saturated heterocycles. The van der Waals surface area contributed by atoms with Gasteiger partial charge < -0.3 is 10.4 Å².